The first-order valence-electron chi connectivity index (χ1n) is 8.83. The Morgan fingerprint density at radius 2 is 2.00 bits per heavy atom. The number of halogens is 2. The van der Waals surface area contributed by atoms with Crippen molar-refractivity contribution in [1.82, 2.24) is 15.1 Å². The number of carbonyl (C=O) groups is 2. The molecule has 0 spiro atoms. The fraction of sp³-hybridized carbons (Fsp3) is 0.190. The van der Waals surface area contributed by atoms with Crippen LogP contribution in [0.3, 0.4) is 0 Å². The molecule has 1 atom stereocenters. The van der Waals surface area contributed by atoms with E-state index >= 15 is 0 Å². The van der Waals surface area contributed by atoms with Gasteiger partial charge in [0, 0.05) is 4.47 Å². The molecule has 0 bridgehead atoms. The minimum Gasteiger partial charge on any atom is -0.469 e. The van der Waals surface area contributed by atoms with Gasteiger partial charge in [0.05, 0.1) is 37.0 Å². The average molecular weight is 460 g/mol. The van der Waals surface area contributed by atoms with E-state index in [1.165, 1.54) is 24.1 Å². The van der Waals surface area contributed by atoms with Crippen LogP contribution in [-0.2, 0) is 9.53 Å². The number of carbonyl (C=O) groups excluding carboxylic acids is 2. The Hall–Kier alpha value is -3.00. The van der Waals surface area contributed by atoms with Crippen LogP contribution in [0.5, 0.6) is 0 Å². The maximum Gasteiger partial charge on any atom is 0.307 e. The summed E-state index contributed by atoms with van der Waals surface area (Å²) in [6, 6.07) is 12.9. The Morgan fingerprint density at radius 3 is 2.69 bits per heavy atom. The molecule has 1 aromatic heterocycles. The van der Waals surface area contributed by atoms with E-state index in [0.29, 0.717) is 5.69 Å². The van der Waals surface area contributed by atoms with Gasteiger partial charge in [-0.2, -0.15) is 5.10 Å². The number of amides is 1. The summed E-state index contributed by atoms with van der Waals surface area (Å²) >= 11 is 3.39. The molecule has 3 rings (SSSR count). The van der Waals surface area contributed by atoms with Crippen molar-refractivity contribution in [1.29, 1.82) is 0 Å². The molecular weight excluding hydrogens is 441 g/mol. The summed E-state index contributed by atoms with van der Waals surface area (Å²) in [5.41, 5.74) is 1.77. The summed E-state index contributed by atoms with van der Waals surface area (Å²) in [4.78, 5) is 24.8. The molecule has 2 aromatic carbocycles. The first kappa shape index (κ1) is 20.7. The fourth-order valence-corrected chi connectivity index (χ4v) is 3.38. The predicted octanol–water partition coefficient (Wildman–Crippen LogP) is 4.12. The second-order valence-corrected chi connectivity index (χ2v) is 7.28. The third-order valence-electron chi connectivity index (χ3n) is 4.49. The van der Waals surface area contributed by atoms with Crippen LogP contribution < -0.4 is 5.32 Å². The lowest BCUT2D eigenvalue weighted by atomic mass is 10.0. The molecule has 1 unspecified atom stereocenters. The number of benzene rings is 2. The normalized spacial score (nSPS) is 11.7. The van der Waals surface area contributed by atoms with Crippen LogP contribution in [0, 0.1) is 12.7 Å². The monoisotopic (exact) mass is 459 g/mol. The van der Waals surface area contributed by atoms with Crippen molar-refractivity contribution in [2.24, 2.45) is 0 Å². The largest absolute Gasteiger partial charge is 0.469 e. The fourth-order valence-electron chi connectivity index (χ4n) is 2.96. The summed E-state index contributed by atoms with van der Waals surface area (Å²) in [6.07, 6.45) is 1.35. The van der Waals surface area contributed by atoms with Crippen LogP contribution in [0.25, 0.3) is 5.69 Å². The third-order valence-corrected chi connectivity index (χ3v) is 4.98. The van der Waals surface area contributed by atoms with Gasteiger partial charge < -0.3 is 10.1 Å². The Labute approximate surface area is 175 Å². The van der Waals surface area contributed by atoms with Crippen molar-refractivity contribution < 1.29 is 18.7 Å². The molecule has 0 radical (unpaired) electrons. The highest BCUT2D eigenvalue weighted by Gasteiger charge is 2.23. The van der Waals surface area contributed by atoms with Crippen molar-refractivity contribution in [3.05, 3.63) is 81.8 Å². The van der Waals surface area contributed by atoms with E-state index in [1.54, 1.807) is 25.1 Å². The van der Waals surface area contributed by atoms with Gasteiger partial charge in [-0.3, -0.25) is 9.59 Å². The molecule has 0 aliphatic rings. The Balaban J connectivity index is 1.88. The lowest BCUT2D eigenvalue weighted by molar-refractivity contribution is -0.141. The molecule has 0 saturated heterocycles. The molecule has 0 aliphatic carbocycles. The number of rotatable bonds is 6. The van der Waals surface area contributed by atoms with Crippen LogP contribution in [0.1, 0.15) is 34.1 Å². The molecular formula is C21H19BrFN3O3. The topological polar surface area (TPSA) is 73.2 Å². The number of esters is 1. The Bertz CT molecular complexity index is 1050. The molecule has 1 amide bonds. The van der Waals surface area contributed by atoms with Crippen LogP contribution in [0.4, 0.5) is 4.39 Å². The van der Waals surface area contributed by atoms with Crippen molar-refractivity contribution in [3.8, 4) is 5.69 Å². The summed E-state index contributed by atoms with van der Waals surface area (Å²) in [7, 11) is 1.30. The Morgan fingerprint density at radius 1 is 1.24 bits per heavy atom. The maximum absolute atomic E-state index is 14.1. The highest BCUT2D eigenvalue weighted by molar-refractivity contribution is 9.10. The van der Waals surface area contributed by atoms with Crippen LogP contribution in [0.2, 0.25) is 0 Å². The van der Waals surface area contributed by atoms with Gasteiger partial charge in [-0.15, -0.1) is 0 Å². The number of para-hydroxylation sites is 1. The average Bonchev–Trinajstić information content (AvgIpc) is 3.09. The molecule has 3 aromatic rings. The zero-order valence-electron chi connectivity index (χ0n) is 15.9. The minimum atomic E-state index is -0.594. The van der Waals surface area contributed by atoms with Gasteiger partial charge in [-0.1, -0.05) is 40.2 Å². The van der Waals surface area contributed by atoms with Gasteiger partial charge in [0.15, 0.2) is 0 Å². The summed E-state index contributed by atoms with van der Waals surface area (Å²) < 4.78 is 21.1. The van der Waals surface area contributed by atoms with Crippen molar-refractivity contribution >= 4 is 27.8 Å². The van der Waals surface area contributed by atoms with Gasteiger partial charge >= 0.3 is 5.97 Å². The quantitative estimate of drug-likeness (QED) is 0.562. The van der Waals surface area contributed by atoms with Crippen LogP contribution in [-0.4, -0.2) is 28.8 Å². The van der Waals surface area contributed by atoms with Crippen molar-refractivity contribution in [3.63, 3.8) is 0 Å². The van der Waals surface area contributed by atoms with E-state index in [4.69, 9.17) is 4.74 Å². The van der Waals surface area contributed by atoms with E-state index < -0.39 is 23.7 Å². The molecule has 150 valence electrons. The second-order valence-electron chi connectivity index (χ2n) is 6.37. The van der Waals surface area contributed by atoms with Crippen LogP contribution in [0.15, 0.2) is 59.2 Å². The summed E-state index contributed by atoms with van der Waals surface area (Å²) in [6.45, 7) is 1.68. The number of aromatic nitrogens is 2. The second kappa shape index (κ2) is 9.00. The van der Waals surface area contributed by atoms with Crippen molar-refractivity contribution in [2.45, 2.75) is 19.4 Å². The summed E-state index contributed by atoms with van der Waals surface area (Å²) in [5.74, 6) is -1.31. The van der Waals surface area contributed by atoms with Gasteiger partial charge in [-0.05, 0) is 36.8 Å². The SMILES string of the molecule is COC(=O)CC(NC(=O)c1cnn(-c2ccccc2F)c1C)c1cccc(Br)c1. The van der Waals surface area contributed by atoms with Gasteiger partial charge in [-0.25, -0.2) is 9.07 Å². The van der Waals surface area contributed by atoms with E-state index in [9.17, 15) is 14.0 Å². The lowest BCUT2D eigenvalue weighted by Crippen LogP contribution is -2.30. The molecule has 8 heteroatoms. The highest BCUT2D eigenvalue weighted by Crippen LogP contribution is 2.23. The molecule has 1 N–H and O–H groups in total. The predicted molar refractivity (Wildman–Crippen MR) is 109 cm³/mol. The molecule has 0 saturated carbocycles. The maximum atomic E-state index is 14.1. The van der Waals surface area contributed by atoms with E-state index in [1.807, 2.05) is 24.3 Å². The Kier molecular flexibility index (Phi) is 6.43. The number of hydrogen-bond acceptors (Lipinski definition) is 4. The van der Waals surface area contributed by atoms with E-state index in [0.717, 1.165) is 10.0 Å². The van der Waals surface area contributed by atoms with E-state index in [2.05, 4.69) is 26.3 Å². The first-order valence-corrected chi connectivity index (χ1v) is 9.62. The van der Waals surface area contributed by atoms with E-state index in [-0.39, 0.29) is 17.7 Å². The zero-order chi connectivity index (χ0) is 21.0. The number of hydrogen-bond donors (Lipinski definition) is 1. The number of ether oxygens (including phenoxy) is 1. The standard InChI is InChI=1S/C21H19BrFN3O3/c1-13-16(12-24-26(13)19-9-4-3-8-17(19)23)21(28)25-18(11-20(27)29-2)14-6-5-7-15(22)10-14/h3-10,12,18H,11H2,1-2H3,(H,25,28). The molecule has 6 nitrogen and oxygen atoms in total. The molecule has 1 heterocycles. The molecule has 0 fully saturated rings. The smallest absolute Gasteiger partial charge is 0.307 e. The van der Waals surface area contributed by atoms with Gasteiger partial charge in [0.1, 0.15) is 11.5 Å². The minimum absolute atomic E-state index is 0.0286. The summed E-state index contributed by atoms with van der Waals surface area (Å²) in [5, 5.41) is 7.01. The molecule has 29 heavy (non-hydrogen) atoms. The number of methoxy groups -OCH3 is 1. The number of nitrogens with one attached hydrogen (secondary N) is 1. The van der Waals surface area contributed by atoms with Crippen LogP contribution >= 0.6 is 15.9 Å². The van der Waals surface area contributed by atoms with Crippen molar-refractivity contribution in [2.75, 3.05) is 7.11 Å². The highest BCUT2D eigenvalue weighted by atomic mass is 79.9. The zero-order valence-corrected chi connectivity index (χ0v) is 17.4. The lowest BCUT2D eigenvalue weighted by Gasteiger charge is -2.18. The number of nitrogens with zero attached hydrogens (tertiary/aromatic N) is 2. The molecule has 0 aliphatic heterocycles. The first-order chi connectivity index (χ1) is 13.9. The third kappa shape index (κ3) is 4.71. The van der Waals surface area contributed by atoms with Gasteiger partial charge in [0.25, 0.3) is 5.91 Å². The van der Waals surface area contributed by atoms with Gasteiger partial charge in [0.2, 0.25) is 0 Å².